The Labute approximate surface area is 456 Å². The normalized spacial score (nSPS) is 18.1. The highest BCUT2D eigenvalue weighted by Gasteiger charge is 2.32. The lowest BCUT2D eigenvalue weighted by Crippen LogP contribution is -2.38. The monoisotopic (exact) mass is 1160 g/mol. The largest absolute Gasteiger partial charge is 0.494 e. The predicted molar refractivity (Wildman–Crippen MR) is 292 cm³/mol. The molecule has 1 atom stereocenters. The van der Waals surface area contributed by atoms with Gasteiger partial charge in [0.25, 0.3) is 12.9 Å². The molecule has 12 rings (SSSR count). The summed E-state index contributed by atoms with van der Waals surface area (Å²) in [6.07, 6.45) is 3.67. The van der Waals surface area contributed by atoms with Crippen LogP contribution in [0.2, 0.25) is 0 Å². The third kappa shape index (κ3) is 11.7. The number of aromatic nitrogens is 12. The number of anilines is 2. The van der Waals surface area contributed by atoms with E-state index in [-0.39, 0.29) is 23.7 Å². The van der Waals surface area contributed by atoms with Gasteiger partial charge in [-0.15, -0.1) is 0 Å². The third-order valence-electron chi connectivity index (χ3n) is 14.0. The number of imidazole rings is 4. The molecule has 8 aromatic rings. The zero-order chi connectivity index (χ0) is 55.8. The second-order valence-corrected chi connectivity index (χ2v) is 24.7. The van der Waals surface area contributed by atoms with E-state index in [1.165, 1.54) is 23.4 Å². The Bertz CT molecular complexity index is 3700. The fourth-order valence-electron chi connectivity index (χ4n) is 10.3. The quantitative estimate of drug-likeness (QED) is 0.0902. The van der Waals surface area contributed by atoms with Crippen molar-refractivity contribution in [3.8, 4) is 23.1 Å². The van der Waals surface area contributed by atoms with Crippen molar-refractivity contribution in [3.05, 3.63) is 60.7 Å². The Kier molecular flexibility index (Phi) is 16.5. The van der Waals surface area contributed by atoms with Crippen molar-refractivity contribution in [1.82, 2.24) is 67.8 Å². The minimum absolute atomic E-state index is 0.0440. The minimum atomic E-state index is -3.19. The molecule has 23 nitrogen and oxygen atoms in total. The number of piperidine rings is 2. The Hall–Kier alpha value is -6.50. The zero-order valence-corrected chi connectivity index (χ0v) is 46.1. The maximum atomic E-state index is 14.4. The summed E-state index contributed by atoms with van der Waals surface area (Å²) >= 11 is 0. The molecule has 0 radical (unpaired) electrons. The van der Waals surface area contributed by atoms with E-state index in [2.05, 4.69) is 46.4 Å². The van der Waals surface area contributed by atoms with Crippen molar-refractivity contribution in [2.75, 3.05) is 115 Å². The molecule has 79 heavy (non-hydrogen) atoms. The maximum Gasteiger partial charge on any atom is 0.296 e. The average molecular weight is 1160 g/mol. The van der Waals surface area contributed by atoms with E-state index in [1.54, 1.807) is 55.3 Å². The minimum Gasteiger partial charge on any atom is -0.494 e. The van der Waals surface area contributed by atoms with E-state index in [0.717, 1.165) is 45.0 Å². The maximum absolute atomic E-state index is 14.4. The fourth-order valence-corrected chi connectivity index (χ4v) is 11.3. The second kappa shape index (κ2) is 23.3. The molecule has 6 aromatic heterocycles. The third-order valence-corrected chi connectivity index (χ3v) is 15.5. The van der Waals surface area contributed by atoms with Crippen LogP contribution in [0.4, 0.5) is 29.5 Å². The molecule has 4 aliphatic rings. The van der Waals surface area contributed by atoms with Gasteiger partial charge in [0.15, 0.2) is 45.6 Å². The summed E-state index contributed by atoms with van der Waals surface area (Å²) in [5, 5.41) is 3.38. The molecule has 0 saturated carbocycles. The van der Waals surface area contributed by atoms with Crippen LogP contribution in [0.1, 0.15) is 62.3 Å². The van der Waals surface area contributed by atoms with Gasteiger partial charge in [-0.05, 0) is 68.9 Å². The number of benzene rings is 2. The number of alkyl halides is 4. The number of morpholine rings is 2. The van der Waals surface area contributed by atoms with Gasteiger partial charge in [-0.25, -0.2) is 50.2 Å². The highest BCUT2D eigenvalue weighted by Crippen LogP contribution is 2.38. The molecule has 4 fully saturated rings. The lowest BCUT2D eigenvalue weighted by atomic mass is 10.1. The molecule has 424 valence electrons. The Morgan fingerprint density at radius 3 is 1.41 bits per heavy atom. The van der Waals surface area contributed by atoms with E-state index in [9.17, 15) is 30.2 Å². The summed E-state index contributed by atoms with van der Waals surface area (Å²) in [4.78, 5) is 41.2. The van der Waals surface area contributed by atoms with Crippen LogP contribution in [-0.2, 0) is 28.2 Å². The number of fused-ring (bicyclic) bond motifs is 4. The molecule has 30 heteroatoms. The number of rotatable bonds is 11. The van der Waals surface area contributed by atoms with Gasteiger partial charge >= 0.3 is 0 Å². The number of hydrogen-bond donors (Lipinski definition) is 1. The first-order valence-corrected chi connectivity index (χ1v) is 30.2. The van der Waals surface area contributed by atoms with Gasteiger partial charge in [-0.3, -0.25) is 13.3 Å². The van der Waals surface area contributed by atoms with Crippen LogP contribution in [0.25, 0.3) is 56.0 Å². The van der Waals surface area contributed by atoms with Gasteiger partial charge in [0, 0.05) is 78.0 Å². The first-order valence-electron chi connectivity index (χ1n) is 25.4. The fraction of sp³-hybridized carbons (Fsp3) is 0.490. The summed E-state index contributed by atoms with van der Waals surface area (Å²) in [5.41, 5.74) is 3.63. The number of ether oxygens (including phenoxy) is 4. The number of halogens is 5. The van der Waals surface area contributed by atoms with Crippen LogP contribution >= 0.6 is 10.7 Å². The van der Waals surface area contributed by atoms with Gasteiger partial charge in [0.2, 0.25) is 20.9 Å². The molecule has 10 heterocycles. The summed E-state index contributed by atoms with van der Waals surface area (Å²) in [6, 6.07) is 10.6. The van der Waals surface area contributed by atoms with E-state index in [4.69, 9.17) is 38.9 Å². The smallest absolute Gasteiger partial charge is 0.296 e. The Morgan fingerprint density at radius 1 is 0.620 bits per heavy atom. The molecule has 0 aliphatic carbocycles. The van der Waals surface area contributed by atoms with E-state index < -0.39 is 43.3 Å². The lowest BCUT2D eigenvalue weighted by Gasteiger charge is -2.33. The van der Waals surface area contributed by atoms with E-state index >= 15 is 0 Å². The molecule has 0 bridgehead atoms. The number of methoxy groups -OCH3 is 2. The van der Waals surface area contributed by atoms with Crippen LogP contribution in [0.5, 0.6) is 11.5 Å². The molecule has 1 N–H and O–H groups in total. The standard InChI is InChI=1S/C25H30F2N8O3S.C23H26F2N8O2.CH3ClO2S/c1-37-18-6-4-5-17-19(18)29-24(21(26)27)35(17)23-20-22(30-25(31-23)32-11-13-38-14-12-32)34(15-28-20)16-7-9-33(10-8-16)39(2,3)36;1-34-16-4-2-3-15-17(16)28-22(19(24)25)33(15)21-18-20(29-23(30-21)31-9-11-35-12-10-31)32(13-27-18)14-5-7-26-8-6-14;1-5(2,3)4/h4-6,15-16,21H,2,7-14H2,1,3H3;2-4,13-14,19,26H,5-12H2,1H3;1H3. The molecule has 2 aromatic carbocycles. The van der Waals surface area contributed by atoms with Crippen LogP contribution in [-0.4, -0.2) is 186 Å². The number of para-hydroxylation sites is 2. The summed E-state index contributed by atoms with van der Waals surface area (Å²) in [5.74, 6) is 5.18. The lowest BCUT2D eigenvalue weighted by molar-refractivity contribution is 0.122. The SMILES string of the molecule is C=S(C)(=O)N1CCC(n2cnc3c(-n4c(C(F)F)nc5c(OC)cccc54)nc(N4CCOCC4)nc32)CC1.COc1cccc2c1nc(C(F)F)n2-c1nc(N2CCOCC2)nc2c1ncn2C1CCNCC1.CS(=O)(=O)Cl. The summed E-state index contributed by atoms with van der Waals surface area (Å²) < 4.78 is 119. The van der Waals surface area contributed by atoms with Crippen LogP contribution in [0.3, 0.4) is 0 Å². The van der Waals surface area contributed by atoms with Crippen molar-refractivity contribution < 1.29 is 49.1 Å². The molecule has 0 amide bonds. The average Bonchev–Trinajstić information content (AvgIpc) is 4.36. The molecule has 4 saturated heterocycles. The predicted octanol–water partition coefficient (Wildman–Crippen LogP) is 5.90. The topological polar surface area (TPSA) is 233 Å². The molecular formula is C49H59ClF4N16O7S2. The molecule has 4 aliphatic heterocycles. The first-order chi connectivity index (χ1) is 37.9. The van der Waals surface area contributed by atoms with Gasteiger partial charge in [0.1, 0.15) is 22.5 Å². The van der Waals surface area contributed by atoms with Crippen molar-refractivity contribution in [2.24, 2.45) is 0 Å². The van der Waals surface area contributed by atoms with Gasteiger partial charge in [-0.1, -0.05) is 12.1 Å². The number of hydrogen-bond acceptors (Lipinski definition) is 18. The zero-order valence-electron chi connectivity index (χ0n) is 43.7. The Balaban J connectivity index is 0.000000165. The van der Waals surface area contributed by atoms with Crippen LogP contribution in [0, 0.1) is 0 Å². The van der Waals surface area contributed by atoms with Crippen LogP contribution < -0.4 is 24.6 Å². The number of nitrogens with zero attached hydrogens (tertiary/aromatic N) is 15. The highest BCUT2D eigenvalue weighted by molar-refractivity contribution is 8.13. The van der Waals surface area contributed by atoms with Crippen LogP contribution in [0.15, 0.2) is 49.1 Å². The first kappa shape index (κ1) is 55.8. The van der Waals surface area contributed by atoms with Gasteiger partial charge < -0.3 is 43.2 Å². The van der Waals surface area contributed by atoms with E-state index in [0.29, 0.717) is 133 Å². The van der Waals surface area contributed by atoms with Gasteiger partial charge in [-0.2, -0.15) is 19.9 Å². The molecular weight excluding hydrogens is 1100 g/mol. The molecule has 0 spiro atoms. The molecule has 1 unspecified atom stereocenters. The highest BCUT2D eigenvalue weighted by atomic mass is 35.7. The second-order valence-electron chi connectivity index (χ2n) is 19.2. The Morgan fingerprint density at radius 2 is 1.03 bits per heavy atom. The van der Waals surface area contributed by atoms with Crippen molar-refractivity contribution in [3.63, 3.8) is 0 Å². The summed E-state index contributed by atoms with van der Waals surface area (Å²) in [7, 11) is 2.00. The van der Waals surface area contributed by atoms with Crippen molar-refractivity contribution >= 4 is 91.6 Å². The van der Waals surface area contributed by atoms with Gasteiger partial charge in [0.05, 0.1) is 70.6 Å². The van der Waals surface area contributed by atoms with E-state index in [1.807, 2.05) is 18.7 Å². The number of nitrogens with one attached hydrogen (secondary N) is 1. The van der Waals surface area contributed by atoms with Crippen molar-refractivity contribution in [2.45, 2.75) is 50.6 Å². The van der Waals surface area contributed by atoms with Crippen molar-refractivity contribution in [1.29, 1.82) is 0 Å². The summed E-state index contributed by atoms with van der Waals surface area (Å²) in [6.45, 7) is 7.58.